The highest BCUT2D eigenvalue weighted by Gasteiger charge is 2.44. The summed E-state index contributed by atoms with van der Waals surface area (Å²) in [6.45, 7) is 1.44. The zero-order chi connectivity index (χ0) is 19.4. The molecule has 2 aliphatic heterocycles. The number of likely N-dealkylation sites (tertiary alicyclic amines) is 1. The van der Waals surface area contributed by atoms with Crippen LogP contribution in [0, 0.1) is 11.8 Å². The molecule has 1 saturated heterocycles. The minimum absolute atomic E-state index is 0. The van der Waals surface area contributed by atoms with Crippen molar-refractivity contribution in [3.05, 3.63) is 34.9 Å². The third-order valence-electron chi connectivity index (χ3n) is 7.30. The van der Waals surface area contributed by atoms with Gasteiger partial charge in [0.2, 0.25) is 0 Å². The van der Waals surface area contributed by atoms with Gasteiger partial charge in [0.15, 0.2) is 0 Å². The van der Waals surface area contributed by atoms with Gasteiger partial charge in [-0.05, 0) is 55.7 Å². The van der Waals surface area contributed by atoms with Gasteiger partial charge in [-0.1, -0.05) is 19.3 Å². The first-order chi connectivity index (χ1) is 13.5. The van der Waals surface area contributed by atoms with E-state index >= 15 is 0 Å². The number of halogens is 1. The van der Waals surface area contributed by atoms with Crippen LogP contribution in [0.15, 0.2) is 18.2 Å². The zero-order valence-electron chi connectivity index (χ0n) is 16.5. The van der Waals surface area contributed by atoms with Crippen LogP contribution in [0.5, 0.6) is 0 Å². The molecule has 1 aromatic carbocycles. The molecule has 3 unspecified atom stereocenters. The van der Waals surface area contributed by atoms with Crippen LogP contribution in [-0.2, 0) is 0 Å². The summed E-state index contributed by atoms with van der Waals surface area (Å²) in [5.41, 5.74) is 7.51. The first kappa shape index (κ1) is 20.4. The number of fused-ring (bicyclic) bond motifs is 2. The van der Waals surface area contributed by atoms with Crippen molar-refractivity contribution in [2.75, 3.05) is 13.1 Å². The summed E-state index contributed by atoms with van der Waals surface area (Å²) in [6, 6.07) is 5.18. The van der Waals surface area contributed by atoms with Crippen molar-refractivity contribution >= 4 is 30.1 Å². The Morgan fingerprint density at radius 1 is 0.931 bits per heavy atom. The number of carbonyl (C=O) groups excluding carboxylic acids is 3. The molecule has 2 saturated carbocycles. The van der Waals surface area contributed by atoms with Crippen molar-refractivity contribution in [1.29, 1.82) is 0 Å². The zero-order valence-corrected chi connectivity index (χ0v) is 17.3. The molecule has 4 aliphatic rings. The Morgan fingerprint density at radius 2 is 1.66 bits per heavy atom. The van der Waals surface area contributed by atoms with Crippen LogP contribution >= 0.6 is 12.4 Å². The van der Waals surface area contributed by atoms with Crippen molar-refractivity contribution in [3.8, 4) is 0 Å². The lowest BCUT2D eigenvalue weighted by Crippen LogP contribution is -2.40. The van der Waals surface area contributed by atoms with Crippen LogP contribution in [0.2, 0.25) is 0 Å². The Bertz CT molecular complexity index is 852. The fourth-order valence-electron chi connectivity index (χ4n) is 5.72. The Hall–Kier alpha value is -1.92. The highest BCUT2D eigenvalue weighted by Crippen LogP contribution is 2.38. The summed E-state index contributed by atoms with van der Waals surface area (Å²) in [5, 5.41) is 0. The van der Waals surface area contributed by atoms with Crippen LogP contribution in [0.4, 0.5) is 0 Å². The van der Waals surface area contributed by atoms with E-state index in [1.165, 1.54) is 11.3 Å². The molecular weight excluding hydrogens is 390 g/mol. The Kier molecular flexibility index (Phi) is 5.42. The number of nitrogens with zero attached hydrogens (tertiary/aromatic N) is 2. The largest absolute Gasteiger partial charge is 0.338 e. The van der Waals surface area contributed by atoms with E-state index in [9.17, 15) is 14.4 Å². The van der Waals surface area contributed by atoms with Gasteiger partial charge in [0.1, 0.15) is 0 Å². The van der Waals surface area contributed by atoms with Gasteiger partial charge in [0.05, 0.1) is 11.1 Å². The van der Waals surface area contributed by atoms with E-state index in [-0.39, 0.29) is 42.2 Å². The van der Waals surface area contributed by atoms with Crippen LogP contribution in [0.25, 0.3) is 0 Å². The van der Waals surface area contributed by atoms with Crippen molar-refractivity contribution < 1.29 is 14.4 Å². The second-order valence-corrected chi connectivity index (χ2v) is 8.91. The molecular formula is C22H28ClN3O3. The van der Waals surface area contributed by atoms with E-state index in [0.717, 1.165) is 45.1 Å². The number of nitrogens with two attached hydrogens (primary N) is 1. The van der Waals surface area contributed by atoms with Gasteiger partial charge in [0, 0.05) is 30.7 Å². The van der Waals surface area contributed by atoms with Gasteiger partial charge in [0.25, 0.3) is 17.7 Å². The first-order valence-corrected chi connectivity index (χ1v) is 10.6. The number of amides is 3. The molecule has 3 atom stereocenters. The summed E-state index contributed by atoms with van der Waals surface area (Å²) in [7, 11) is 0. The van der Waals surface area contributed by atoms with Crippen LogP contribution in [0.3, 0.4) is 0 Å². The third-order valence-corrected chi connectivity index (χ3v) is 7.30. The maximum atomic E-state index is 13.0. The van der Waals surface area contributed by atoms with Crippen molar-refractivity contribution in [2.24, 2.45) is 17.6 Å². The van der Waals surface area contributed by atoms with Crippen molar-refractivity contribution in [1.82, 2.24) is 9.80 Å². The molecule has 6 nitrogen and oxygen atoms in total. The Balaban J connectivity index is 0.00000205. The second kappa shape index (κ2) is 7.73. The molecule has 0 bridgehead atoms. The van der Waals surface area contributed by atoms with Crippen LogP contribution < -0.4 is 5.73 Å². The fraction of sp³-hybridized carbons (Fsp3) is 0.591. The van der Waals surface area contributed by atoms with Gasteiger partial charge in [-0.2, -0.15) is 0 Å². The van der Waals surface area contributed by atoms with Gasteiger partial charge >= 0.3 is 0 Å². The number of hydrogen-bond donors (Lipinski definition) is 1. The van der Waals surface area contributed by atoms with E-state index in [0.29, 0.717) is 35.1 Å². The minimum atomic E-state index is -0.234. The number of benzene rings is 1. The van der Waals surface area contributed by atoms with Crippen LogP contribution in [-0.4, -0.2) is 52.7 Å². The monoisotopic (exact) mass is 417 g/mol. The van der Waals surface area contributed by atoms with Gasteiger partial charge < -0.3 is 10.6 Å². The molecule has 3 fully saturated rings. The van der Waals surface area contributed by atoms with Crippen molar-refractivity contribution in [2.45, 2.75) is 57.0 Å². The normalized spacial score (nSPS) is 29.1. The average Bonchev–Trinajstić information content (AvgIpc) is 3.36. The average molecular weight is 418 g/mol. The summed E-state index contributed by atoms with van der Waals surface area (Å²) in [4.78, 5) is 42.1. The predicted octanol–water partition coefficient (Wildman–Crippen LogP) is 2.85. The number of hydrogen-bond acceptors (Lipinski definition) is 4. The third kappa shape index (κ3) is 3.26. The minimum Gasteiger partial charge on any atom is -0.338 e. The first-order valence-electron chi connectivity index (χ1n) is 10.6. The molecule has 0 spiro atoms. The molecule has 156 valence electrons. The lowest BCUT2D eigenvalue weighted by Gasteiger charge is -2.29. The second-order valence-electron chi connectivity index (χ2n) is 8.91. The number of imide groups is 1. The van der Waals surface area contributed by atoms with E-state index in [2.05, 4.69) is 0 Å². The Morgan fingerprint density at radius 3 is 2.38 bits per heavy atom. The highest BCUT2D eigenvalue weighted by molar-refractivity contribution is 6.22. The van der Waals surface area contributed by atoms with E-state index < -0.39 is 0 Å². The summed E-state index contributed by atoms with van der Waals surface area (Å²) < 4.78 is 0. The quantitative estimate of drug-likeness (QED) is 0.750. The van der Waals surface area contributed by atoms with Gasteiger partial charge in [-0.25, -0.2) is 0 Å². The lowest BCUT2D eigenvalue weighted by molar-refractivity contribution is 0.0548. The number of rotatable bonds is 2. The maximum absolute atomic E-state index is 13.0. The molecule has 1 aromatic rings. The summed E-state index contributed by atoms with van der Waals surface area (Å²) in [6.07, 6.45) is 7.18. The molecule has 0 radical (unpaired) electrons. The molecule has 2 N–H and O–H groups in total. The van der Waals surface area contributed by atoms with Crippen LogP contribution in [0.1, 0.15) is 76.0 Å². The lowest BCUT2D eigenvalue weighted by atomic mass is 9.94. The molecule has 2 heterocycles. The van der Waals surface area contributed by atoms with E-state index in [4.69, 9.17) is 5.73 Å². The summed E-state index contributed by atoms with van der Waals surface area (Å²) >= 11 is 0. The smallest absolute Gasteiger partial charge is 0.261 e. The topological polar surface area (TPSA) is 83.7 Å². The number of carbonyl (C=O) groups is 3. The molecule has 2 aliphatic carbocycles. The maximum Gasteiger partial charge on any atom is 0.261 e. The molecule has 7 heteroatoms. The molecule has 0 aromatic heterocycles. The van der Waals surface area contributed by atoms with E-state index in [1.54, 1.807) is 18.2 Å². The molecule has 3 amide bonds. The summed E-state index contributed by atoms with van der Waals surface area (Å²) in [5.74, 6) is 0.400. The van der Waals surface area contributed by atoms with Gasteiger partial charge in [-0.15, -0.1) is 12.4 Å². The molecule has 5 rings (SSSR count). The predicted molar refractivity (Wildman–Crippen MR) is 111 cm³/mol. The fourth-order valence-corrected chi connectivity index (χ4v) is 5.72. The Labute approximate surface area is 177 Å². The van der Waals surface area contributed by atoms with Crippen molar-refractivity contribution in [3.63, 3.8) is 0 Å². The SMILES string of the molecule is Cl.NC1CCC2CN(C(=O)c3ccc4c(c3)C(=O)N(C3CCCCC3)C4=O)CC12. The van der Waals surface area contributed by atoms with E-state index in [1.807, 2.05) is 4.90 Å². The standard InChI is InChI=1S/C22H27N3O3.ClH/c23-19-9-7-14-11-24(12-18(14)19)20(26)13-6-8-16-17(10-13)22(28)25(21(16)27)15-4-2-1-3-5-15;/h6,8,10,14-15,18-19H,1-5,7,9,11-12,23H2;1H. The van der Waals surface area contributed by atoms with Gasteiger partial charge in [-0.3, -0.25) is 19.3 Å². The molecule has 29 heavy (non-hydrogen) atoms. The highest BCUT2D eigenvalue weighted by atomic mass is 35.5.